The van der Waals surface area contributed by atoms with E-state index in [1.807, 2.05) is 37.3 Å². The van der Waals surface area contributed by atoms with Gasteiger partial charge in [0.25, 0.3) is 5.91 Å². The zero-order valence-corrected chi connectivity index (χ0v) is 26.8. The second-order valence-corrected chi connectivity index (χ2v) is 14.5. The summed E-state index contributed by atoms with van der Waals surface area (Å²) in [6.07, 6.45) is 0.748. The third-order valence-corrected chi connectivity index (χ3v) is 12.4. The number of hydrogen-bond donors (Lipinski definition) is 2. The summed E-state index contributed by atoms with van der Waals surface area (Å²) < 4.78 is 25.6. The van der Waals surface area contributed by atoms with E-state index in [0.717, 1.165) is 21.9 Å². The Labute approximate surface area is 277 Å². The van der Waals surface area contributed by atoms with Crippen LogP contribution in [0.2, 0.25) is 0 Å². The van der Waals surface area contributed by atoms with Crippen LogP contribution in [0.15, 0.2) is 82.6 Å². The number of amides is 3. The quantitative estimate of drug-likeness (QED) is 0.232. The Morgan fingerprint density at radius 1 is 0.957 bits per heavy atom. The van der Waals surface area contributed by atoms with Gasteiger partial charge in [0.2, 0.25) is 11.8 Å². The SMILES string of the molecule is CCOc1cc([C@H]2c3sc(=O)[nH]c3SC3C4CC(C5C(=O)N(c6ccc(F)cc6)C(=O)C45)C32)ccc1OCC(=O)Nc1ccccc1. The van der Waals surface area contributed by atoms with Gasteiger partial charge in [-0.2, -0.15) is 0 Å². The molecule has 47 heavy (non-hydrogen) atoms. The molecule has 9 nitrogen and oxygen atoms in total. The van der Waals surface area contributed by atoms with E-state index in [9.17, 15) is 23.6 Å². The molecule has 0 radical (unpaired) electrons. The highest BCUT2D eigenvalue weighted by molar-refractivity contribution is 8.00. The van der Waals surface area contributed by atoms with Crippen molar-refractivity contribution in [1.82, 2.24) is 4.98 Å². The lowest BCUT2D eigenvalue weighted by Crippen LogP contribution is -2.42. The number of benzene rings is 3. The Bertz CT molecular complexity index is 1950. The summed E-state index contributed by atoms with van der Waals surface area (Å²) in [5.41, 5.74) is 1.97. The largest absolute Gasteiger partial charge is 0.490 e. The highest BCUT2D eigenvalue weighted by atomic mass is 32.2. The van der Waals surface area contributed by atoms with E-state index >= 15 is 0 Å². The van der Waals surface area contributed by atoms with Crippen LogP contribution in [0.1, 0.15) is 29.7 Å². The van der Waals surface area contributed by atoms with Crippen LogP contribution >= 0.6 is 23.1 Å². The van der Waals surface area contributed by atoms with E-state index in [4.69, 9.17) is 9.47 Å². The number of thioether (sulfide) groups is 1. The van der Waals surface area contributed by atoms with Crippen molar-refractivity contribution in [2.45, 2.75) is 29.5 Å². The summed E-state index contributed by atoms with van der Waals surface area (Å²) >= 11 is 2.79. The molecule has 2 N–H and O–H groups in total. The molecule has 1 saturated heterocycles. The predicted octanol–water partition coefficient (Wildman–Crippen LogP) is 5.67. The van der Waals surface area contributed by atoms with Crippen molar-refractivity contribution in [3.05, 3.63) is 98.7 Å². The van der Waals surface area contributed by atoms with Crippen molar-refractivity contribution >= 4 is 52.2 Å². The Hall–Kier alpha value is -4.42. The molecule has 0 spiro atoms. The molecule has 3 heterocycles. The number of nitrogens with zero attached hydrogens (tertiary/aromatic N) is 1. The number of aromatic nitrogens is 1. The molecule has 3 fully saturated rings. The predicted molar refractivity (Wildman–Crippen MR) is 176 cm³/mol. The second-order valence-electron chi connectivity index (χ2n) is 12.3. The highest BCUT2D eigenvalue weighted by Crippen LogP contribution is 2.68. The number of thiazole rings is 1. The van der Waals surface area contributed by atoms with Gasteiger partial charge in [-0.05, 0) is 85.2 Å². The van der Waals surface area contributed by atoms with Crippen LogP contribution in [0, 0.1) is 35.4 Å². The number of carbonyl (C=O) groups is 3. The minimum absolute atomic E-state index is 0.00647. The number of carbonyl (C=O) groups excluding carboxylic acids is 3. The molecule has 240 valence electrons. The number of rotatable bonds is 8. The molecule has 2 saturated carbocycles. The van der Waals surface area contributed by atoms with E-state index in [2.05, 4.69) is 10.3 Å². The third-order valence-electron chi connectivity index (χ3n) is 9.85. The normalized spacial score (nSPS) is 26.9. The Balaban J connectivity index is 1.11. The third kappa shape index (κ3) is 4.96. The van der Waals surface area contributed by atoms with Crippen LogP contribution < -0.4 is 24.6 Å². The fourth-order valence-corrected chi connectivity index (χ4v) is 11.1. The fraction of sp³-hybridized carbons (Fsp3) is 0.314. The van der Waals surface area contributed by atoms with E-state index in [1.165, 1.54) is 40.5 Å². The van der Waals surface area contributed by atoms with E-state index < -0.39 is 17.7 Å². The summed E-state index contributed by atoms with van der Waals surface area (Å²) in [6, 6.07) is 20.3. The molecule has 7 atom stereocenters. The molecule has 3 amide bonds. The first-order chi connectivity index (χ1) is 22.8. The monoisotopic (exact) mass is 671 g/mol. The van der Waals surface area contributed by atoms with Crippen molar-refractivity contribution in [1.29, 1.82) is 0 Å². The van der Waals surface area contributed by atoms with E-state index in [-0.39, 0.29) is 58.1 Å². The van der Waals surface area contributed by atoms with Gasteiger partial charge in [0.05, 0.1) is 29.2 Å². The molecule has 2 aliphatic heterocycles. The number of nitrogens with one attached hydrogen (secondary N) is 2. The molecule has 4 aromatic rings. The first kappa shape index (κ1) is 29.9. The van der Waals surface area contributed by atoms with Crippen LogP contribution in [0.5, 0.6) is 11.5 Å². The van der Waals surface area contributed by atoms with Crippen molar-refractivity contribution in [3.63, 3.8) is 0 Å². The van der Waals surface area contributed by atoms with Gasteiger partial charge in [-0.15, -0.1) is 11.8 Å². The van der Waals surface area contributed by atoms with Crippen molar-refractivity contribution in [2.24, 2.45) is 29.6 Å². The van der Waals surface area contributed by atoms with Gasteiger partial charge in [0.1, 0.15) is 5.82 Å². The van der Waals surface area contributed by atoms with Gasteiger partial charge in [-0.25, -0.2) is 4.39 Å². The molecule has 12 heteroatoms. The van der Waals surface area contributed by atoms with Crippen LogP contribution in [-0.2, 0) is 14.4 Å². The summed E-state index contributed by atoms with van der Waals surface area (Å²) in [7, 11) is 0. The summed E-state index contributed by atoms with van der Waals surface area (Å²) in [4.78, 5) is 58.1. The molecular weight excluding hydrogens is 642 g/mol. The van der Waals surface area contributed by atoms with Crippen LogP contribution in [0.4, 0.5) is 15.8 Å². The molecule has 8 rings (SSSR count). The van der Waals surface area contributed by atoms with Gasteiger partial charge >= 0.3 is 4.87 Å². The second kappa shape index (κ2) is 11.7. The first-order valence-electron chi connectivity index (χ1n) is 15.6. The molecular formula is C35H30FN3O6S2. The van der Waals surface area contributed by atoms with Crippen molar-refractivity contribution in [2.75, 3.05) is 23.4 Å². The summed E-state index contributed by atoms with van der Waals surface area (Å²) in [5.74, 6) is -1.57. The lowest BCUT2D eigenvalue weighted by atomic mass is 9.68. The highest BCUT2D eigenvalue weighted by Gasteiger charge is 2.69. The van der Waals surface area contributed by atoms with E-state index in [0.29, 0.717) is 29.5 Å². The maximum Gasteiger partial charge on any atom is 0.305 e. The van der Waals surface area contributed by atoms with Gasteiger partial charge in [-0.1, -0.05) is 35.6 Å². The van der Waals surface area contributed by atoms with Gasteiger partial charge in [0.15, 0.2) is 18.1 Å². The maximum atomic E-state index is 13.9. The zero-order chi connectivity index (χ0) is 32.4. The number of hydrogen-bond acceptors (Lipinski definition) is 8. The standard InChI is InChI=1S/C35H30FN3O6S2/c1-2-44-24-14-17(8-13-23(24)45-16-25(40)37-19-6-4-3-5-7-19)26-27-21-15-22(30(27)46-32-31(26)47-35(43)38-32)29-28(21)33(41)39(34(29)42)20-11-9-18(36)10-12-20/h3-14,21-22,26-30H,2,15-16H2,1H3,(H,37,40)(H,38,43)/t21?,22?,26-,27?,28?,29?,30?/m1/s1. The summed E-state index contributed by atoms with van der Waals surface area (Å²) in [6.45, 7) is 2.03. The number of aromatic amines is 1. The van der Waals surface area contributed by atoms with Crippen LogP contribution in [-0.4, -0.2) is 41.2 Å². The Morgan fingerprint density at radius 3 is 2.45 bits per heavy atom. The summed E-state index contributed by atoms with van der Waals surface area (Å²) in [5, 5.41) is 3.63. The number of fused-ring (bicyclic) bond motifs is 9. The number of ether oxygens (including phenoxy) is 2. The zero-order valence-electron chi connectivity index (χ0n) is 25.2. The number of anilines is 2. The minimum Gasteiger partial charge on any atom is -0.490 e. The molecule has 2 bridgehead atoms. The van der Waals surface area contributed by atoms with E-state index in [1.54, 1.807) is 30.0 Å². The lowest BCUT2D eigenvalue weighted by molar-refractivity contribution is -0.123. The average Bonchev–Trinajstić information content (AvgIpc) is 3.80. The van der Waals surface area contributed by atoms with Crippen LogP contribution in [0.3, 0.4) is 0 Å². The maximum absolute atomic E-state index is 13.9. The molecule has 1 aromatic heterocycles. The smallest absolute Gasteiger partial charge is 0.305 e. The number of halogens is 1. The van der Waals surface area contributed by atoms with Gasteiger partial charge in [-0.3, -0.25) is 24.1 Å². The van der Waals surface area contributed by atoms with Gasteiger partial charge < -0.3 is 19.8 Å². The van der Waals surface area contributed by atoms with Crippen molar-refractivity contribution < 1.29 is 28.2 Å². The van der Waals surface area contributed by atoms with Crippen molar-refractivity contribution in [3.8, 4) is 11.5 Å². The molecule has 4 aliphatic rings. The number of para-hydroxylation sites is 1. The molecule has 2 aliphatic carbocycles. The molecule has 6 unspecified atom stereocenters. The molecule has 3 aromatic carbocycles. The fourth-order valence-electron chi connectivity index (χ4n) is 8.20. The minimum atomic E-state index is -0.476. The van der Waals surface area contributed by atoms with Crippen LogP contribution in [0.25, 0.3) is 0 Å². The van der Waals surface area contributed by atoms with Gasteiger partial charge in [0, 0.05) is 21.7 Å². The topological polar surface area (TPSA) is 118 Å². The lowest BCUT2D eigenvalue weighted by Gasteiger charge is -2.43. The average molecular weight is 672 g/mol. The number of imide groups is 1. The Kier molecular flexibility index (Phi) is 7.44. The first-order valence-corrected chi connectivity index (χ1v) is 17.3. The number of H-pyrrole nitrogens is 1. The Morgan fingerprint density at radius 2 is 1.70 bits per heavy atom.